The molecule has 0 unspecified atom stereocenters. The molecule has 5 N–H and O–H groups in total. The first-order valence-electron chi connectivity index (χ1n) is 17.7. The predicted molar refractivity (Wildman–Crippen MR) is 207 cm³/mol. The van der Waals surface area contributed by atoms with Gasteiger partial charge in [0, 0.05) is 42.0 Å². The van der Waals surface area contributed by atoms with Gasteiger partial charge in [-0.2, -0.15) is 0 Å². The van der Waals surface area contributed by atoms with Crippen molar-refractivity contribution >= 4 is 35.0 Å². The Balaban J connectivity index is 1.05. The zero-order valence-electron chi connectivity index (χ0n) is 29.1. The quantitative estimate of drug-likeness (QED) is 0.0487. The van der Waals surface area contributed by atoms with Crippen LogP contribution in [0.4, 0.5) is 11.4 Å². The molecule has 52 heavy (non-hydrogen) atoms. The molecule has 3 atom stereocenters. The molecule has 5 aromatic carbocycles. The maximum Gasteiger partial charge on any atom is 0.224 e. The summed E-state index contributed by atoms with van der Waals surface area (Å²) in [5, 5.41) is 15.4. The number of para-hydroxylation sites is 2. The number of hydrogen-bond acceptors (Lipinski definition) is 7. The first-order chi connectivity index (χ1) is 25.4. The van der Waals surface area contributed by atoms with Crippen molar-refractivity contribution in [2.75, 3.05) is 16.8 Å². The minimum absolute atomic E-state index is 0.00222. The number of aliphatic hydroxyl groups excluding tert-OH is 1. The Morgan fingerprint density at radius 2 is 1.44 bits per heavy atom. The summed E-state index contributed by atoms with van der Waals surface area (Å²) >= 11 is 1.78. The second kappa shape index (κ2) is 18.5. The molecular formula is C43H45N3O5S. The Morgan fingerprint density at radius 1 is 0.731 bits per heavy atom. The number of aliphatic hydroxyl groups is 1. The van der Waals surface area contributed by atoms with E-state index in [0.29, 0.717) is 43.6 Å². The van der Waals surface area contributed by atoms with Crippen LogP contribution in [0.15, 0.2) is 132 Å². The van der Waals surface area contributed by atoms with Crippen molar-refractivity contribution in [1.82, 2.24) is 5.32 Å². The summed E-state index contributed by atoms with van der Waals surface area (Å²) in [5.41, 5.74) is 12.9. The Labute approximate surface area is 309 Å². The number of nitrogens with two attached hydrogens (primary N) is 1. The summed E-state index contributed by atoms with van der Waals surface area (Å²) in [7, 11) is 0. The zero-order chi connectivity index (χ0) is 36.1. The summed E-state index contributed by atoms with van der Waals surface area (Å²) in [4.78, 5) is 26.1. The highest BCUT2D eigenvalue weighted by atomic mass is 32.2. The Bertz CT molecular complexity index is 1920. The molecule has 1 aliphatic rings. The summed E-state index contributed by atoms with van der Waals surface area (Å²) in [5.74, 6) is 0.630. The van der Waals surface area contributed by atoms with E-state index in [4.69, 9.17) is 15.2 Å². The van der Waals surface area contributed by atoms with Crippen LogP contribution in [-0.2, 0) is 32.2 Å². The standard InChI is InChI=1S/C43H45N3O5S/c44-38-16-4-5-17-39(38)46-42(49)19-7-6-18-41(48)45-27-31-10-8-11-33(24-31)34-12-9-13-35(25-34)43-50-36(29-52-37-14-2-1-3-15-37)26-40(51-43)32-22-20-30(28-47)21-23-32/h1-5,8-17,20-25,36,40,43,47H,6-7,18-19,26-29,44H2,(H,45,48)(H,46,49)/t36-,40+,43+/m1/s1. The van der Waals surface area contributed by atoms with Crippen LogP contribution in [0, 0.1) is 0 Å². The van der Waals surface area contributed by atoms with Crippen molar-refractivity contribution in [1.29, 1.82) is 0 Å². The molecule has 5 aromatic rings. The van der Waals surface area contributed by atoms with Crippen LogP contribution in [-0.4, -0.2) is 28.8 Å². The van der Waals surface area contributed by atoms with Crippen molar-refractivity contribution < 1.29 is 24.2 Å². The van der Waals surface area contributed by atoms with Crippen LogP contribution in [0.5, 0.6) is 0 Å². The van der Waals surface area contributed by atoms with Crippen molar-refractivity contribution in [3.8, 4) is 11.1 Å². The van der Waals surface area contributed by atoms with Gasteiger partial charge in [0.15, 0.2) is 6.29 Å². The third-order valence-electron chi connectivity index (χ3n) is 9.00. The fraction of sp³-hybridized carbons (Fsp3) is 0.256. The number of carbonyl (C=O) groups excluding carboxylic acids is 2. The van der Waals surface area contributed by atoms with E-state index >= 15 is 0 Å². The second-order valence-corrected chi connectivity index (χ2v) is 14.0. The van der Waals surface area contributed by atoms with Crippen LogP contribution in [0.25, 0.3) is 11.1 Å². The van der Waals surface area contributed by atoms with Crippen LogP contribution in [0.2, 0.25) is 0 Å². The predicted octanol–water partition coefficient (Wildman–Crippen LogP) is 8.58. The zero-order valence-corrected chi connectivity index (χ0v) is 29.9. The van der Waals surface area contributed by atoms with Crippen molar-refractivity contribution in [3.63, 3.8) is 0 Å². The molecule has 0 aliphatic carbocycles. The van der Waals surface area contributed by atoms with Crippen LogP contribution < -0.4 is 16.4 Å². The van der Waals surface area contributed by atoms with E-state index in [9.17, 15) is 14.7 Å². The minimum Gasteiger partial charge on any atom is -0.397 e. The molecule has 0 bridgehead atoms. The maximum absolute atomic E-state index is 12.6. The largest absolute Gasteiger partial charge is 0.397 e. The lowest BCUT2D eigenvalue weighted by atomic mass is 9.99. The normalized spacial score (nSPS) is 17.0. The van der Waals surface area contributed by atoms with Crippen molar-refractivity contribution in [2.45, 2.75) is 68.6 Å². The highest BCUT2D eigenvalue weighted by molar-refractivity contribution is 7.99. The number of benzene rings is 5. The average Bonchev–Trinajstić information content (AvgIpc) is 3.19. The monoisotopic (exact) mass is 715 g/mol. The number of amides is 2. The number of thioether (sulfide) groups is 1. The summed E-state index contributed by atoms with van der Waals surface area (Å²) in [6.45, 7) is 0.411. The summed E-state index contributed by atoms with van der Waals surface area (Å²) in [6.07, 6.45) is 1.87. The van der Waals surface area contributed by atoms with Crippen molar-refractivity contribution in [2.24, 2.45) is 0 Å². The van der Waals surface area contributed by atoms with Gasteiger partial charge in [-0.05, 0) is 77.1 Å². The molecule has 268 valence electrons. The molecule has 0 saturated carbocycles. The van der Waals surface area contributed by atoms with E-state index in [0.717, 1.165) is 45.6 Å². The summed E-state index contributed by atoms with van der Waals surface area (Å²) in [6, 6.07) is 41.8. The maximum atomic E-state index is 12.6. The minimum atomic E-state index is -0.553. The van der Waals surface area contributed by atoms with Crippen LogP contribution in [0.1, 0.15) is 66.8 Å². The van der Waals surface area contributed by atoms with Gasteiger partial charge in [-0.15, -0.1) is 11.8 Å². The Hall–Kier alpha value is -4.93. The third kappa shape index (κ3) is 10.6. The number of nitrogen functional groups attached to an aromatic ring is 1. The van der Waals surface area contributed by atoms with E-state index in [-0.39, 0.29) is 30.6 Å². The van der Waals surface area contributed by atoms with Gasteiger partial charge in [0.1, 0.15) is 0 Å². The topological polar surface area (TPSA) is 123 Å². The van der Waals surface area contributed by atoms with Gasteiger partial charge in [0.05, 0.1) is 30.2 Å². The lowest BCUT2D eigenvalue weighted by Gasteiger charge is -2.36. The van der Waals surface area contributed by atoms with Gasteiger partial charge in [-0.1, -0.05) is 91.0 Å². The number of unbranched alkanes of at least 4 members (excludes halogenated alkanes) is 1. The third-order valence-corrected chi connectivity index (χ3v) is 10.1. The van der Waals surface area contributed by atoms with E-state index in [1.165, 1.54) is 4.90 Å². The van der Waals surface area contributed by atoms with Gasteiger partial charge >= 0.3 is 0 Å². The molecule has 8 nitrogen and oxygen atoms in total. The van der Waals surface area contributed by atoms with Gasteiger partial charge in [-0.25, -0.2) is 0 Å². The molecule has 6 rings (SSSR count). The van der Waals surface area contributed by atoms with Crippen LogP contribution in [0.3, 0.4) is 0 Å². The average molecular weight is 716 g/mol. The Kier molecular flexibility index (Phi) is 13.1. The van der Waals surface area contributed by atoms with Crippen LogP contribution >= 0.6 is 11.8 Å². The first kappa shape index (κ1) is 36.8. The van der Waals surface area contributed by atoms with E-state index in [1.807, 2.05) is 78.9 Å². The molecule has 0 spiro atoms. The molecule has 0 aromatic heterocycles. The number of hydrogen-bond donors (Lipinski definition) is 4. The van der Waals surface area contributed by atoms with E-state index in [2.05, 4.69) is 47.0 Å². The number of anilines is 2. The molecule has 1 aliphatic heterocycles. The highest BCUT2D eigenvalue weighted by Crippen LogP contribution is 2.40. The van der Waals surface area contributed by atoms with E-state index < -0.39 is 6.29 Å². The molecule has 0 radical (unpaired) electrons. The Morgan fingerprint density at radius 3 is 2.21 bits per heavy atom. The lowest BCUT2D eigenvalue weighted by molar-refractivity contribution is -0.245. The molecule has 1 heterocycles. The van der Waals surface area contributed by atoms with Crippen molar-refractivity contribution in [3.05, 3.63) is 150 Å². The summed E-state index contributed by atoms with van der Waals surface area (Å²) < 4.78 is 13.2. The molecule has 1 saturated heterocycles. The first-order valence-corrected chi connectivity index (χ1v) is 18.7. The molecule has 2 amide bonds. The molecule has 1 fully saturated rings. The fourth-order valence-corrected chi connectivity index (χ4v) is 7.08. The number of rotatable bonds is 15. The van der Waals surface area contributed by atoms with Gasteiger partial charge in [0.2, 0.25) is 11.8 Å². The SMILES string of the molecule is Nc1ccccc1NC(=O)CCCCC(=O)NCc1cccc(-c2cccc([C@H]3O[C@@H](CSc4ccccc4)C[C@@H](c4ccc(CO)cc4)O3)c2)c1. The number of ether oxygens (including phenoxy) is 2. The van der Waals surface area contributed by atoms with E-state index in [1.54, 1.807) is 23.9 Å². The highest BCUT2D eigenvalue weighted by Gasteiger charge is 2.32. The molecular weight excluding hydrogens is 671 g/mol. The lowest BCUT2D eigenvalue weighted by Crippen LogP contribution is -2.31. The fourth-order valence-electron chi connectivity index (χ4n) is 6.14. The van der Waals surface area contributed by atoms with Gasteiger partial charge in [0.25, 0.3) is 0 Å². The smallest absolute Gasteiger partial charge is 0.224 e. The van der Waals surface area contributed by atoms with Gasteiger partial charge < -0.3 is 30.9 Å². The number of nitrogens with one attached hydrogen (secondary N) is 2. The molecule has 9 heteroatoms. The second-order valence-electron chi connectivity index (χ2n) is 12.9. The number of carbonyl (C=O) groups is 2. The van der Waals surface area contributed by atoms with Gasteiger partial charge in [-0.3, -0.25) is 9.59 Å².